The number of rotatable bonds is 6. The number of carboxylic acid groups (broad SMARTS) is 1. The van der Waals surface area contributed by atoms with Crippen molar-refractivity contribution < 1.29 is 14.6 Å². The topological polar surface area (TPSA) is 92.3 Å². The number of halogens is 1. The van der Waals surface area contributed by atoms with Crippen LogP contribution in [0.2, 0.25) is 0 Å². The van der Waals surface area contributed by atoms with E-state index in [4.69, 9.17) is 21.4 Å². The van der Waals surface area contributed by atoms with Gasteiger partial charge in [0.15, 0.2) is 5.82 Å². The van der Waals surface area contributed by atoms with Crippen LogP contribution in [0, 0.1) is 0 Å². The van der Waals surface area contributed by atoms with Crippen molar-refractivity contribution in [3.63, 3.8) is 0 Å². The Hall–Kier alpha value is -2.64. The van der Waals surface area contributed by atoms with Crippen molar-refractivity contribution in [2.75, 3.05) is 6.61 Å². The van der Waals surface area contributed by atoms with Gasteiger partial charge in [-0.1, -0.05) is 23.7 Å². The van der Waals surface area contributed by atoms with Crippen LogP contribution in [0.15, 0.2) is 29.1 Å². The van der Waals surface area contributed by atoms with Gasteiger partial charge in [-0.25, -0.2) is 4.98 Å². The zero-order valence-electron chi connectivity index (χ0n) is 15.5. The molecule has 0 amide bonds. The number of aromatic nitrogens is 2. The Bertz CT molecular complexity index is 1150. The molecular formula is C21H19ClN2O4S. The van der Waals surface area contributed by atoms with Gasteiger partial charge < -0.3 is 14.8 Å². The van der Waals surface area contributed by atoms with E-state index in [2.05, 4.69) is 9.97 Å². The summed E-state index contributed by atoms with van der Waals surface area (Å²) in [6.45, 7) is 0.112. The number of thiophene rings is 1. The number of carboxylic acids is 1. The van der Waals surface area contributed by atoms with E-state index in [9.17, 15) is 9.59 Å². The first kappa shape index (κ1) is 19.7. The maximum Gasteiger partial charge on any atom is 0.306 e. The highest BCUT2D eigenvalue weighted by Gasteiger charge is 2.20. The largest absolute Gasteiger partial charge is 0.493 e. The third kappa shape index (κ3) is 4.36. The number of aliphatic carboxylic acids is 1. The van der Waals surface area contributed by atoms with Gasteiger partial charge in [-0.2, -0.15) is 0 Å². The van der Waals surface area contributed by atoms with E-state index in [1.54, 1.807) is 41.7 Å². The number of H-pyrrole nitrogens is 1. The van der Waals surface area contributed by atoms with Crippen molar-refractivity contribution in [2.45, 2.75) is 32.1 Å². The number of benzene rings is 1. The molecule has 0 radical (unpaired) electrons. The van der Waals surface area contributed by atoms with Crippen LogP contribution in [0.3, 0.4) is 0 Å². The standard InChI is InChI=1S/C21H19ClN2O4S/c22-15(11-12-5-7-13(8-6-12)28-10-9-17(25)26)19-23-20(27)18-14-3-1-2-4-16(14)29-21(18)24-19/h5-8,11H,1-4,9-10H2,(H,25,26)(H,23,24,27)/b15-11-. The average molecular weight is 431 g/mol. The van der Waals surface area contributed by atoms with Gasteiger partial charge in [-0.15, -0.1) is 11.3 Å². The molecule has 2 N–H and O–H groups in total. The number of aryl methyl sites for hydroxylation is 2. The van der Waals surface area contributed by atoms with Crippen molar-refractivity contribution in [1.82, 2.24) is 9.97 Å². The van der Waals surface area contributed by atoms with Crippen LogP contribution in [0.1, 0.15) is 41.1 Å². The Kier molecular flexibility index (Phi) is 5.69. The van der Waals surface area contributed by atoms with Crippen LogP contribution in [-0.4, -0.2) is 27.7 Å². The second-order valence-electron chi connectivity index (χ2n) is 6.86. The molecule has 0 unspecified atom stereocenters. The second kappa shape index (κ2) is 8.39. The third-order valence-corrected chi connectivity index (χ3v) is 6.28. The minimum absolute atomic E-state index is 0.0544. The lowest BCUT2D eigenvalue weighted by molar-refractivity contribution is -0.137. The summed E-state index contributed by atoms with van der Waals surface area (Å²) >= 11 is 8.02. The fraction of sp³-hybridized carbons (Fsp3) is 0.286. The smallest absolute Gasteiger partial charge is 0.306 e. The fourth-order valence-corrected chi connectivity index (χ4v) is 4.89. The molecular weight excluding hydrogens is 412 g/mol. The zero-order valence-corrected chi connectivity index (χ0v) is 17.1. The molecule has 0 aliphatic heterocycles. The summed E-state index contributed by atoms with van der Waals surface area (Å²) in [5.41, 5.74) is 1.82. The van der Waals surface area contributed by atoms with Crippen molar-refractivity contribution in [3.8, 4) is 5.75 Å². The van der Waals surface area contributed by atoms with E-state index in [-0.39, 0.29) is 18.6 Å². The fourth-order valence-electron chi connectivity index (χ4n) is 3.41. The molecule has 0 bridgehead atoms. The van der Waals surface area contributed by atoms with Gasteiger partial charge in [0.05, 0.1) is 23.4 Å². The maximum atomic E-state index is 12.6. The zero-order chi connectivity index (χ0) is 20.4. The van der Waals surface area contributed by atoms with E-state index < -0.39 is 5.97 Å². The highest BCUT2D eigenvalue weighted by molar-refractivity contribution is 7.18. The van der Waals surface area contributed by atoms with Crippen molar-refractivity contribution in [2.24, 2.45) is 0 Å². The molecule has 4 rings (SSSR count). The summed E-state index contributed by atoms with van der Waals surface area (Å²) in [6.07, 6.45) is 5.87. The monoisotopic (exact) mass is 430 g/mol. The predicted octanol–water partition coefficient (Wildman–Crippen LogP) is 4.45. The Morgan fingerprint density at radius 2 is 2.03 bits per heavy atom. The summed E-state index contributed by atoms with van der Waals surface area (Å²) in [7, 11) is 0. The maximum absolute atomic E-state index is 12.6. The van der Waals surface area contributed by atoms with E-state index in [0.717, 1.165) is 41.6 Å². The van der Waals surface area contributed by atoms with E-state index in [1.807, 2.05) is 0 Å². The Morgan fingerprint density at radius 3 is 2.79 bits per heavy atom. The first-order chi connectivity index (χ1) is 14.0. The van der Waals surface area contributed by atoms with Crippen LogP contribution >= 0.6 is 22.9 Å². The molecule has 2 heterocycles. The second-order valence-corrected chi connectivity index (χ2v) is 8.35. The molecule has 0 saturated heterocycles. The van der Waals surface area contributed by atoms with Gasteiger partial charge in [0.1, 0.15) is 10.6 Å². The normalized spacial score (nSPS) is 14.0. The summed E-state index contributed by atoms with van der Waals surface area (Å²) in [5.74, 6) is 0.0302. The molecule has 0 fully saturated rings. The third-order valence-electron chi connectivity index (χ3n) is 4.81. The highest BCUT2D eigenvalue weighted by Crippen LogP contribution is 2.34. The van der Waals surface area contributed by atoms with Crippen LogP contribution < -0.4 is 10.3 Å². The number of hydrogen-bond acceptors (Lipinski definition) is 5. The van der Waals surface area contributed by atoms with Crippen molar-refractivity contribution in [1.29, 1.82) is 0 Å². The summed E-state index contributed by atoms with van der Waals surface area (Å²) < 4.78 is 5.37. The van der Waals surface area contributed by atoms with E-state index >= 15 is 0 Å². The van der Waals surface area contributed by atoms with Crippen LogP contribution in [0.5, 0.6) is 5.75 Å². The molecule has 2 aromatic heterocycles. The van der Waals surface area contributed by atoms with Gasteiger partial charge in [-0.05, 0) is 55.0 Å². The molecule has 0 spiro atoms. The number of fused-ring (bicyclic) bond motifs is 3. The molecule has 8 heteroatoms. The highest BCUT2D eigenvalue weighted by atomic mass is 35.5. The number of hydrogen-bond donors (Lipinski definition) is 2. The predicted molar refractivity (Wildman–Crippen MR) is 115 cm³/mol. The van der Waals surface area contributed by atoms with Gasteiger partial charge in [0, 0.05) is 4.88 Å². The SMILES string of the molecule is O=C(O)CCOc1ccc(/C=C(\Cl)c2nc3sc4c(c3c(=O)[nH]2)CCCC4)cc1. The molecule has 3 aromatic rings. The number of nitrogens with one attached hydrogen (secondary N) is 1. The molecule has 29 heavy (non-hydrogen) atoms. The number of ether oxygens (including phenoxy) is 1. The van der Waals surface area contributed by atoms with Crippen molar-refractivity contribution >= 4 is 50.2 Å². The molecule has 150 valence electrons. The van der Waals surface area contributed by atoms with Gasteiger partial charge in [0.2, 0.25) is 0 Å². The van der Waals surface area contributed by atoms with Crippen molar-refractivity contribution in [3.05, 3.63) is 56.4 Å². The van der Waals surface area contributed by atoms with E-state index in [1.165, 1.54) is 4.88 Å². The lowest BCUT2D eigenvalue weighted by Gasteiger charge is -2.09. The minimum Gasteiger partial charge on any atom is -0.493 e. The molecule has 1 aliphatic carbocycles. The Morgan fingerprint density at radius 1 is 1.28 bits per heavy atom. The minimum atomic E-state index is -0.901. The van der Waals surface area contributed by atoms with Crippen LogP contribution in [-0.2, 0) is 17.6 Å². The quantitative estimate of drug-likeness (QED) is 0.602. The van der Waals surface area contributed by atoms with Gasteiger partial charge in [-0.3, -0.25) is 9.59 Å². The van der Waals surface area contributed by atoms with Gasteiger partial charge >= 0.3 is 5.97 Å². The lowest BCUT2D eigenvalue weighted by atomic mass is 9.97. The molecule has 1 aliphatic rings. The van der Waals surface area contributed by atoms with E-state index in [0.29, 0.717) is 22.0 Å². The number of carbonyl (C=O) groups is 1. The summed E-state index contributed by atoms with van der Waals surface area (Å²) in [5, 5.41) is 9.69. The van der Waals surface area contributed by atoms with Crippen LogP contribution in [0.25, 0.3) is 21.3 Å². The molecule has 6 nitrogen and oxygen atoms in total. The Balaban J connectivity index is 1.56. The number of aromatic amines is 1. The Labute approximate surface area is 175 Å². The summed E-state index contributed by atoms with van der Waals surface area (Å²) in [4.78, 5) is 32.6. The molecule has 0 atom stereocenters. The summed E-state index contributed by atoms with van der Waals surface area (Å²) in [6, 6.07) is 7.09. The molecule has 1 aromatic carbocycles. The lowest BCUT2D eigenvalue weighted by Crippen LogP contribution is -2.12. The van der Waals surface area contributed by atoms with Crippen LogP contribution in [0.4, 0.5) is 0 Å². The number of nitrogens with zero attached hydrogens (tertiary/aromatic N) is 1. The molecule has 0 saturated carbocycles. The van der Waals surface area contributed by atoms with Gasteiger partial charge in [0.25, 0.3) is 5.56 Å². The first-order valence-electron chi connectivity index (χ1n) is 9.38. The first-order valence-corrected chi connectivity index (χ1v) is 10.6. The average Bonchev–Trinajstić information content (AvgIpc) is 3.08.